The van der Waals surface area contributed by atoms with Crippen LogP contribution in [0.25, 0.3) is 0 Å². The van der Waals surface area contributed by atoms with Crippen LogP contribution in [0.4, 0.5) is 0 Å². The predicted molar refractivity (Wildman–Crippen MR) is 61.5 cm³/mol. The van der Waals surface area contributed by atoms with Gasteiger partial charge in [-0.25, -0.2) is 0 Å². The molecule has 0 aliphatic heterocycles. The quantitative estimate of drug-likeness (QED) is 0.867. The Bertz CT molecular complexity index is 336. The maximum atomic E-state index is 10.0. The van der Waals surface area contributed by atoms with Crippen LogP contribution >= 0.6 is 27.5 Å². The second kappa shape index (κ2) is 4.21. The lowest BCUT2D eigenvalue weighted by Crippen LogP contribution is -2.20. The smallest absolute Gasteiger partial charge is 0.0832 e. The van der Waals surface area contributed by atoms with Gasteiger partial charge in [-0.15, -0.1) is 0 Å². The van der Waals surface area contributed by atoms with Gasteiger partial charge in [-0.3, -0.25) is 0 Å². The van der Waals surface area contributed by atoms with Crippen molar-refractivity contribution in [3.63, 3.8) is 0 Å². The molecule has 1 nitrogen and oxygen atoms in total. The molecule has 1 aliphatic carbocycles. The van der Waals surface area contributed by atoms with Gasteiger partial charge in [0.1, 0.15) is 0 Å². The van der Waals surface area contributed by atoms with E-state index in [0.29, 0.717) is 10.9 Å². The molecular weight excluding hydrogens is 263 g/mol. The summed E-state index contributed by atoms with van der Waals surface area (Å²) in [5, 5.41) is 10.7. The number of hydrogen-bond donors (Lipinski definition) is 1. The van der Waals surface area contributed by atoms with Gasteiger partial charge < -0.3 is 5.11 Å². The van der Waals surface area contributed by atoms with Gasteiger partial charge in [0, 0.05) is 10.0 Å². The van der Waals surface area contributed by atoms with Crippen molar-refractivity contribution in [1.82, 2.24) is 0 Å². The van der Waals surface area contributed by atoms with Crippen molar-refractivity contribution in [2.75, 3.05) is 0 Å². The molecule has 1 aromatic carbocycles. The summed E-state index contributed by atoms with van der Waals surface area (Å²) >= 11 is 9.47. The molecule has 0 spiro atoms. The van der Waals surface area contributed by atoms with Crippen molar-refractivity contribution in [2.45, 2.75) is 25.4 Å². The Morgan fingerprint density at radius 3 is 2.71 bits per heavy atom. The highest BCUT2D eigenvalue weighted by atomic mass is 79.9. The fraction of sp³-hybridized carbons (Fsp3) is 0.455. The standard InChI is InChI=1S/C11H12BrClO/c12-9-6-2-5-8(10(9)13)11(14)7-3-1-4-7/h2,5-7,11,14H,1,3-4H2. The van der Waals surface area contributed by atoms with Gasteiger partial charge >= 0.3 is 0 Å². The van der Waals surface area contributed by atoms with Crippen molar-refractivity contribution < 1.29 is 5.11 Å². The number of hydrogen-bond acceptors (Lipinski definition) is 1. The summed E-state index contributed by atoms with van der Waals surface area (Å²) in [7, 11) is 0. The molecule has 0 heterocycles. The Morgan fingerprint density at radius 2 is 2.14 bits per heavy atom. The van der Waals surface area contributed by atoms with E-state index < -0.39 is 6.10 Å². The van der Waals surface area contributed by atoms with Gasteiger partial charge in [-0.2, -0.15) is 0 Å². The summed E-state index contributed by atoms with van der Waals surface area (Å²) in [6, 6.07) is 5.70. The van der Waals surface area contributed by atoms with Crippen LogP contribution in [0.2, 0.25) is 5.02 Å². The van der Waals surface area contributed by atoms with E-state index in [4.69, 9.17) is 11.6 Å². The second-order valence-electron chi connectivity index (χ2n) is 3.78. The normalized spacial score (nSPS) is 19.1. The third-order valence-electron chi connectivity index (χ3n) is 2.90. The molecular formula is C11H12BrClO. The van der Waals surface area contributed by atoms with Gasteiger partial charge in [0.25, 0.3) is 0 Å². The molecule has 0 saturated heterocycles. The molecule has 1 aromatic rings. The Morgan fingerprint density at radius 1 is 1.43 bits per heavy atom. The summed E-state index contributed by atoms with van der Waals surface area (Å²) in [5.74, 6) is 0.404. The average molecular weight is 276 g/mol. The number of benzene rings is 1. The Hall–Kier alpha value is -0.0500. The number of rotatable bonds is 2. The van der Waals surface area contributed by atoms with Crippen molar-refractivity contribution in [2.24, 2.45) is 5.92 Å². The molecule has 0 bridgehead atoms. The summed E-state index contributed by atoms with van der Waals surface area (Å²) in [4.78, 5) is 0. The van der Waals surface area contributed by atoms with Crippen molar-refractivity contribution in [3.05, 3.63) is 33.3 Å². The third kappa shape index (κ3) is 1.83. The van der Waals surface area contributed by atoms with Crippen LogP contribution in [-0.2, 0) is 0 Å². The first-order valence-electron chi connectivity index (χ1n) is 4.82. The Labute approximate surface area is 97.2 Å². The first kappa shape index (κ1) is 10.5. The van der Waals surface area contributed by atoms with E-state index in [2.05, 4.69) is 15.9 Å². The summed E-state index contributed by atoms with van der Waals surface area (Å²) < 4.78 is 0.857. The Kier molecular flexibility index (Phi) is 3.15. The SMILES string of the molecule is OC(c1cccc(Br)c1Cl)C1CCC1. The van der Waals surface area contributed by atoms with Crippen molar-refractivity contribution >= 4 is 27.5 Å². The maximum Gasteiger partial charge on any atom is 0.0832 e. The molecule has 0 aromatic heterocycles. The molecule has 2 rings (SSSR count). The maximum absolute atomic E-state index is 10.0. The highest BCUT2D eigenvalue weighted by Crippen LogP contribution is 2.41. The molecule has 3 heteroatoms. The number of aliphatic hydroxyl groups excluding tert-OH is 1. The zero-order valence-corrected chi connectivity index (χ0v) is 10.1. The molecule has 1 unspecified atom stereocenters. The molecule has 1 N–H and O–H groups in total. The van der Waals surface area contributed by atoms with E-state index >= 15 is 0 Å². The van der Waals surface area contributed by atoms with Crippen LogP contribution in [0.1, 0.15) is 30.9 Å². The van der Waals surface area contributed by atoms with E-state index in [9.17, 15) is 5.11 Å². The largest absolute Gasteiger partial charge is 0.388 e. The van der Waals surface area contributed by atoms with E-state index in [1.165, 1.54) is 6.42 Å². The van der Waals surface area contributed by atoms with E-state index in [1.807, 2.05) is 18.2 Å². The molecule has 0 amide bonds. The fourth-order valence-corrected chi connectivity index (χ4v) is 2.38. The summed E-state index contributed by atoms with van der Waals surface area (Å²) in [5.41, 5.74) is 0.853. The van der Waals surface area contributed by atoms with E-state index in [0.717, 1.165) is 22.9 Å². The lowest BCUT2D eigenvalue weighted by Gasteiger charge is -2.31. The molecule has 76 valence electrons. The summed E-state index contributed by atoms with van der Waals surface area (Å²) in [6.07, 6.45) is 3.07. The minimum absolute atomic E-state index is 0.395. The highest BCUT2D eigenvalue weighted by Gasteiger charge is 2.28. The molecule has 1 aliphatic rings. The zero-order valence-electron chi connectivity index (χ0n) is 7.71. The van der Waals surface area contributed by atoms with Gasteiger partial charge in [0.15, 0.2) is 0 Å². The van der Waals surface area contributed by atoms with Crippen LogP contribution in [0.15, 0.2) is 22.7 Å². The minimum atomic E-state index is -0.395. The zero-order chi connectivity index (χ0) is 10.1. The number of halogens is 2. The third-order valence-corrected chi connectivity index (χ3v) is 4.21. The predicted octanol–water partition coefficient (Wildman–Crippen LogP) is 3.94. The van der Waals surface area contributed by atoms with Crippen LogP contribution in [0.3, 0.4) is 0 Å². The van der Waals surface area contributed by atoms with E-state index in [1.54, 1.807) is 0 Å². The lowest BCUT2D eigenvalue weighted by molar-refractivity contribution is 0.0621. The first-order chi connectivity index (χ1) is 6.70. The van der Waals surface area contributed by atoms with Crippen molar-refractivity contribution in [1.29, 1.82) is 0 Å². The highest BCUT2D eigenvalue weighted by molar-refractivity contribution is 9.10. The molecule has 1 fully saturated rings. The topological polar surface area (TPSA) is 20.2 Å². The van der Waals surface area contributed by atoms with Crippen molar-refractivity contribution in [3.8, 4) is 0 Å². The van der Waals surface area contributed by atoms with Crippen LogP contribution < -0.4 is 0 Å². The first-order valence-corrected chi connectivity index (χ1v) is 5.99. The molecule has 0 radical (unpaired) electrons. The summed E-state index contributed by atoms with van der Waals surface area (Å²) in [6.45, 7) is 0. The Balaban J connectivity index is 2.26. The van der Waals surface area contributed by atoms with Crippen LogP contribution in [0.5, 0.6) is 0 Å². The molecule has 14 heavy (non-hydrogen) atoms. The minimum Gasteiger partial charge on any atom is -0.388 e. The second-order valence-corrected chi connectivity index (χ2v) is 5.01. The number of aliphatic hydroxyl groups is 1. The lowest BCUT2D eigenvalue weighted by atomic mass is 9.79. The van der Waals surface area contributed by atoms with Gasteiger partial charge in [-0.1, -0.05) is 30.2 Å². The fourth-order valence-electron chi connectivity index (χ4n) is 1.76. The average Bonchev–Trinajstić information content (AvgIpc) is 2.06. The van der Waals surface area contributed by atoms with E-state index in [-0.39, 0.29) is 0 Å². The van der Waals surface area contributed by atoms with Crippen LogP contribution in [-0.4, -0.2) is 5.11 Å². The monoisotopic (exact) mass is 274 g/mol. The van der Waals surface area contributed by atoms with Gasteiger partial charge in [0.05, 0.1) is 11.1 Å². The molecule has 1 saturated carbocycles. The van der Waals surface area contributed by atoms with Gasteiger partial charge in [-0.05, 0) is 40.8 Å². The van der Waals surface area contributed by atoms with Gasteiger partial charge in [0.2, 0.25) is 0 Å². The molecule has 1 atom stereocenters. The van der Waals surface area contributed by atoms with Crippen LogP contribution in [0, 0.1) is 5.92 Å².